The quantitative estimate of drug-likeness (QED) is 0.788. The van der Waals surface area contributed by atoms with E-state index in [1.807, 2.05) is 18.2 Å². The molecule has 1 aromatic carbocycles. The Hall–Kier alpha value is -3.29. The van der Waals surface area contributed by atoms with Crippen LogP contribution < -0.4 is 24.6 Å². The largest absolute Gasteiger partial charge is 0.486 e. The number of carbonyl (C=O) groups is 2. The lowest BCUT2D eigenvalue weighted by atomic mass is 10.1. The number of aromatic nitrogens is 1. The minimum atomic E-state index is -0.423. The lowest BCUT2D eigenvalue weighted by Crippen LogP contribution is -2.28. The van der Waals surface area contributed by atoms with Gasteiger partial charge in [0.05, 0.1) is 17.8 Å². The second-order valence-electron chi connectivity index (χ2n) is 7.30. The number of ether oxygens (including phenoxy) is 2. The highest BCUT2D eigenvalue weighted by atomic mass is 16.6. The molecule has 0 spiro atoms. The van der Waals surface area contributed by atoms with E-state index in [9.17, 15) is 9.59 Å². The van der Waals surface area contributed by atoms with Gasteiger partial charge in [-0.3, -0.25) is 9.59 Å². The molecule has 30 heavy (non-hydrogen) atoms. The molecule has 2 aliphatic rings. The number of nitrogens with zero attached hydrogens (tertiary/aromatic N) is 3. The normalized spacial score (nSPS) is 17.7. The first kappa shape index (κ1) is 20.0. The zero-order valence-electron chi connectivity index (χ0n) is 17.3. The third kappa shape index (κ3) is 4.03. The van der Waals surface area contributed by atoms with Crippen LogP contribution in [-0.2, 0) is 9.59 Å². The maximum absolute atomic E-state index is 12.7. The topological polar surface area (TPSA) is 84.0 Å². The Kier molecular flexibility index (Phi) is 5.74. The molecule has 8 heteroatoms. The van der Waals surface area contributed by atoms with Gasteiger partial charge in [-0.1, -0.05) is 0 Å². The highest BCUT2D eigenvalue weighted by molar-refractivity contribution is 6.03. The first-order valence-electron chi connectivity index (χ1n) is 10.3. The molecule has 8 nitrogen and oxygen atoms in total. The molecule has 1 fully saturated rings. The molecule has 0 aliphatic carbocycles. The van der Waals surface area contributed by atoms with Crippen molar-refractivity contribution in [2.45, 2.75) is 20.3 Å². The number of fused-ring (bicyclic) bond motifs is 1. The predicted octanol–water partition coefficient (Wildman–Crippen LogP) is 2.69. The standard InChI is InChI=1S/C22H26N4O4/c1-3-25(4-2)20-8-5-16(13-23-20)24-22(28)15-11-21(27)26(14-15)17-6-7-18-19(12-17)30-10-9-29-18/h5-8,12-13,15H,3-4,9-11,14H2,1-2H3,(H,24,28). The van der Waals surface area contributed by atoms with Crippen molar-refractivity contribution >= 4 is 29.0 Å². The summed E-state index contributed by atoms with van der Waals surface area (Å²) in [5.41, 5.74) is 1.34. The van der Waals surface area contributed by atoms with Gasteiger partial charge in [0.15, 0.2) is 11.5 Å². The van der Waals surface area contributed by atoms with E-state index < -0.39 is 5.92 Å². The molecule has 2 amide bonds. The molecular weight excluding hydrogens is 384 g/mol. The maximum Gasteiger partial charge on any atom is 0.229 e. The van der Waals surface area contributed by atoms with Gasteiger partial charge in [0.2, 0.25) is 11.8 Å². The highest BCUT2D eigenvalue weighted by Crippen LogP contribution is 2.36. The van der Waals surface area contributed by atoms with Gasteiger partial charge < -0.3 is 24.6 Å². The van der Waals surface area contributed by atoms with Crippen LogP contribution in [-0.4, -0.2) is 49.6 Å². The summed E-state index contributed by atoms with van der Waals surface area (Å²) in [6.07, 6.45) is 1.83. The number of carbonyl (C=O) groups excluding carboxylic acids is 2. The van der Waals surface area contributed by atoms with Crippen molar-refractivity contribution in [2.75, 3.05) is 48.0 Å². The third-order valence-corrected chi connectivity index (χ3v) is 5.44. The van der Waals surface area contributed by atoms with E-state index >= 15 is 0 Å². The fraction of sp³-hybridized carbons (Fsp3) is 0.409. The summed E-state index contributed by atoms with van der Waals surface area (Å²) in [7, 11) is 0. The van der Waals surface area contributed by atoms with E-state index in [1.165, 1.54) is 0 Å². The number of hydrogen-bond acceptors (Lipinski definition) is 6. The molecule has 0 bridgehead atoms. The summed E-state index contributed by atoms with van der Waals surface area (Å²) in [6, 6.07) is 9.15. The second-order valence-corrected chi connectivity index (χ2v) is 7.30. The summed E-state index contributed by atoms with van der Waals surface area (Å²) >= 11 is 0. The van der Waals surface area contributed by atoms with Crippen LogP contribution in [0.1, 0.15) is 20.3 Å². The van der Waals surface area contributed by atoms with Gasteiger partial charge in [0, 0.05) is 37.8 Å². The van der Waals surface area contributed by atoms with Crippen molar-refractivity contribution in [1.29, 1.82) is 0 Å². The molecule has 1 saturated heterocycles. The number of pyridine rings is 1. The van der Waals surface area contributed by atoms with Crippen molar-refractivity contribution in [2.24, 2.45) is 5.92 Å². The predicted molar refractivity (Wildman–Crippen MR) is 114 cm³/mol. The van der Waals surface area contributed by atoms with Gasteiger partial charge in [0.1, 0.15) is 19.0 Å². The molecule has 3 heterocycles. The Labute approximate surface area is 175 Å². The van der Waals surface area contributed by atoms with Crippen LogP contribution in [0, 0.1) is 5.92 Å². The summed E-state index contributed by atoms with van der Waals surface area (Å²) in [5, 5.41) is 2.89. The fourth-order valence-electron chi connectivity index (χ4n) is 3.77. The molecule has 0 saturated carbocycles. The van der Waals surface area contributed by atoms with Gasteiger partial charge in [-0.25, -0.2) is 4.98 Å². The molecule has 1 N–H and O–H groups in total. The van der Waals surface area contributed by atoms with Crippen LogP contribution >= 0.6 is 0 Å². The fourth-order valence-corrected chi connectivity index (χ4v) is 3.77. The summed E-state index contributed by atoms with van der Waals surface area (Å²) in [5.74, 6) is 1.49. The van der Waals surface area contributed by atoms with E-state index in [-0.39, 0.29) is 18.2 Å². The lowest BCUT2D eigenvalue weighted by Gasteiger charge is -2.22. The average molecular weight is 410 g/mol. The van der Waals surface area contributed by atoms with Crippen LogP contribution in [0.3, 0.4) is 0 Å². The Morgan fingerprint density at radius 3 is 2.63 bits per heavy atom. The molecule has 4 rings (SSSR count). The number of amides is 2. The molecule has 158 valence electrons. The highest BCUT2D eigenvalue weighted by Gasteiger charge is 2.35. The smallest absolute Gasteiger partial charge is 0.229 e. The van der Waals surface area contributed by atoms with Crippen molar-refractivity contribution in [3.05, 3.63) is 36.5 Å². The third-order valence-electron chi connectivity index (χ3n) is 5.44. The average Bonchev–Trinajstić information content (AvgIpc) is 3.17. The van der Waals surface area contributed by atoms with Crippen molar-refractivity contribution in [3.63, 3.8) is 0 Å². The minimum Gasteiger partial charge on any atom is -0.486 e. The van der Waals surface area contributed by atoms with Gasteiger partial charge >= 0.3 is 0 Å². The van der Waals surface area contributed by atoms with Crippen LogP contribution in [0.2, 0.25) is 0 Å². The van der Waals surface area contributed by atoms with E-state index in [2.05, 4.69) is 29.0 Å². The molecule has 1 aromatic heterocycles. The second kappa shape index (κ2) is 8.61. The number of nitrogens with one attached hydrogen (secondary N) is 1. The number of hydrogen-bond donors (Lipinski definition) is 1. The van der Waals surface area contributed by atoms with Crippen molar-refractivity contribution in [3.8, 4) is 11.5 Å². The van der Waals surface area contributed by atoms with Gasteiger partial charge in [-0.2, -0.15) is 0 Å². The Morgan fingerprint density at radius 1 is 1.17 bits per heavy atom. The SMILES string of the molecule is CCN(CC)c1ccc(NC(=O)C2CC(=O)N(c3ccc4c(c3)OCCO4)C2)cn1. The molecule has 1 unspecified atom stereocenters. The first-order valence-corrected chi connectivity index (χ1v) is 10.3. The first-order chi connectivity index (χ1) is 14.6. The van der Waals surface area contributed by atoms with Crippen LogP contribution in [0.25, 0.3) is 0 Å². The van der Waals surface area contributed by atoms with Crippen LogP contribution in [0.4, 0.5) is 17.2 Å². The minimum absolute atomic E-state index is 0.0816. The van der Waals surface area contributed by atoms with Crippen molar-refractivity contribution < 1.29 is 19.1 Å². The van der Waals surface area contributed by atoms with E-state index in [0.717, 1.165) is 18.9 Å². The maximum atomic E-state index is 12.7. The molecule has 0 radical (unpaired) electrons. The Balaban J connectivity index is 1.41. The Bertz CT molecular complexity index is 927. The van der Waals surface area contributed by atoms with E-state index in [4.69, 9.17) is 9.47 Å². The van der Waals surface area contributed by atoms with Crippen molar-refractivity contribution in [1.82, 2.24) is 4.98 Å². The zero-order chi connectivity index (χ0) is 21.1. The molecular formula is C22H26N4O4. The molecule has 1 atom stereocenters. The van der Waals surface area contributed by atoms with Gasteiger partial charge in [0.25, 0.3) is 0 Å². The summed E-state index contributed by atoms with van der Waals surface area (Å²) in [4.78, 5) is 33.5. The van der Waals surface area contributed by atoms with E-state index in [0.29, 0.717) is 42.6 Å². The zero-order valence-corrected chi connectivity index (χ0v) is 17.3. The number of anilines is 3. The molecule has 2 aliphatic heterocycles. The van der Waals surface area contributed by atoms with Gasteiger partial charge in [-0.15, -0.1) is 0 Å². The van der Waals surface area contributed by atoms with E-state index in [1.54, 1.807) is 23.2 Å². The van der Waals surface area contributed by atoms with Crippen LogP contribution in [0.15, 0.2) is 36.5 Å². The summed E-state index contributed by atoms with van der Waals surface area (Å²) in [6.45, 7) is 7.22. The van der Waals surface area contributed by atoms with Crippen LogP contribution in [0.5, 0.6) is 11.5 Å². The summed E-state index contributed by atoms with van der Waals surface area (Å²) < 4.78 is 11.1. The monoisotopic (exact) mass is 410 g/mol. The number of rotatable bonds is 6. The van der Waals surface area contributed by atoms with Gasteiger partial charge in [-0.05, 0) is 38.1 Å². The number of benzene rings is 1. The Morgan fingerprint density at radius 2 is 1.93 bits per heavy atom. The lowest BCUT2D eigenvalue weighted by molar-refractivity contribution is -0.122. The molecule has 2 aromatic rings.